The lowest BCUT2D eigenvalue weighted by atomic mass is 10.1. The molecule has 1 aromatic carbocycles. The van der Waals surface area contributed by atoms with Crippen LogP contribution >= 0.6 is 0 Å². The summed E-state index contributed by atoms with van der Waals surface area (Å²) in [5.74, 6) is -0.290. The molecule has 0 bridgehead atoms. The van der Waals surface area contributed by atoms with Gasteiger partial charge in [0.05, 0.1) is 6.42 Å². The first-order chi connectivity index (χ1) is 6.88. The van der Waals surface area contributed by atoms with E-state index in [0.29, 0.717) is 0 Å². The van der Waals surface area contributed by atoms with Gasteiger partial charge in [-0.25, -0.2) is 4.79 Å². The van der Waals surface area contributed by atoms with E-state index in [1.807, 2.05) is 0 Å². The molecule has 0 unspecified atom stereocenters. The molecule has 15 heavy (non-hydrogen) atoms. The van der Waals surface area contributed by atoms with Crippen LogP contribution in [-0.4, -0.2) is 17.4 Å². The third-order valence-electron chi connectivity index (χ3n) is 1.56. The molecule has 3 nitrogen and oxygen atoms in total. The number of halogens is 3. The summed E-state index contributed by atoms with van der Waals surface area (Å²) in [5, 5.41) is 8.29. The van der Waals surface area contributed by atoms with Crippen molar-refractivity contribution in [2.75, 3.05) is 0 Å². The zero-order valence-electron chi connectivity index (χ0n) is 7.41. The zero-order chi connectivity index (χ0) is 11.5. The largest absolute Gasteiger partial charge is 0.511 e. The van der Waals surface area contributed by atoms with Gasteiger partial charge in [0, 0.05) is 5.56 Å². The van der Waals surface area contributed by atoms with Gasteiger partial charge in [-0.15, -0.1) is 0 Å². The number of para-hydroxylation sites is 1. The van der Waals surface area contributed by atoms with E-state index in [1.54, 1.807) is 0 Å². The Hall–Kier alpha value is -1.72. The quantitative estimate of drug-likeness (QED) is 0.615. The smallest absolute Gasteiger partial charge is 0.449 e. The second-order valence-corrected chi connectivity index (χ2v) is 2.77. The second-order valence-electron chi connectivity index (χ2n) is 2.77. The van der Waals surface area contributed by atoms with Crippen molar-refractivity contribution in [3.8, 4) is 5.75 Å². The number of rotatable bonds is 2. The van der Waals surface area contributed by atoms with Gasteiger partial charge in [-0.05, 0) is 6.07 Å². The number of ether oxygens (including phenoxy) is 1. The molecule has 6 heteroatoms. The Morgan fingerprint density at radius 2 is 1.93 bits per heavy atom. The van der Waals surface area contributed by atoms with E-state index in [4.69, 9.17) is 5.11 Å². The first-order valence-electron chi connectivity index (χ1n) is 3.94. The highest BCUT2D eigenvalue weighted by Gasteiger charge is 2.29. The van der Waals surface area contributed by atoms with Crippen LogP contribution in [0.5, 0.6) is 5.75 Å². The predicted octanol–water partition coefficient (Wildman–Crippen LogP) is 2.85. The third kappa shape index (κ3) is 3.88. The Labute approximate surface area is 83.1 Å². The van der Waals surface area contributed by atoms with Crippen LogP contribution in [0.4, 0.5) is 18.0 Å². The summed E-state index contributed by atoms with van der Waals surface area (Å²) in [6.45, 7) is 0. The van der Waals surface area contributed by atoms with E-state index in [9.17, 15) is 18.0 Å². The predicted molar refractivity (Wildman–Crippen MR) is 44.9 cm³/mol. The molecule has 0 atom stereocenters. The molecule has 1 aromatic rings. The molecule has 0 radical (unpaired) electrons. The molecule has 0 saturated carbocycles. The first kappa shape index (κ1) is 11.4. The maximum atomic E-state index is 12.1. The van der Waals surface area contributed by atoms with E-state index < -0.39 is 18.8 Å². The molecule has 0 heterocycles. The highest BCUT2D eigenvalue weighted by molar-refractivity contribution is 5.62. The minimum atomic E-state index is -4.39. The molecule has 1 N–H and O–H groups in total. The van der Waals surface area contributed by atoms with Crippen LogP contribution in [0.2, 0.25) is 0 Å². The fourth-order valence-corrected chi connectivity index (χ4v) is 1.06. The summed E-state index contributed by atoms with van der Waals surface area (Å²) >= 11 is 0. The van der Waals surface area contributed by atoms with Gasteiger partial charge in [0.2, 0.25) is 0 Å². The Kier molecular flexibility index (Phi) is 3.18. The fraction of sp³-hybridized carbons (Fsp3) is 0.222. The Bertz CT molecular complexity index is 360. The molecule has 82 valence electrons. The van der Waals surface area contributed by atoms with Crippen molar-refractivity contribution in [1.82, 2.24) is 0 Å². The lowest BCUT2D eigenvalue weighted by Crippen LogP contribution is -2.13. The number of benzene rings is 1. The van der Waals surface area contributed by atoms with Crippen LogP contribution < -0.4 is 4.74 Å². The molecule has 0 saturated heterocycles. The van der Waals surface area contributed by atoms with Crippen molar-refractivity contribution in [2.24, 2.45) is 0 Å². The molecular weight excluding hydrogens is 213 g/mol. The lowest BCUT2D eigenvalue weighted by molar-refractivity contribution is -0.127. The van der Waals surface area contributed by atoms with E-state index in [-0.39, 0.29) is 11.3 Å². The summed E-state index contributed by atoms with van der Waals surface area (Å²) in [4.78, 5) is 10.2. The van der Waals surface area contributed by atoms with Crippen LogP contribution in [0, 0.1) is 0 Å². The summed E-state index contributed by atoms with van der Waals surface area (Å²) in [5.41, 5.74) is -0.201. The highest BCUT2D eigenvalue weighted by atomic mass is 19.4. The maximum Gasteiger partial charge on any atom is 0.511 e. The van der Waals surface area contributed by atoms with Crippen LogP contribution in [0.1, 0.15) is 5.56 Å². The lowest BCUT2D eigenvalue weighted by Gasteiger charge is -2.09. The van der Waals surface area contributed by atoms with Gasteiger partial charge in [0.25, 0.3) is 0 Å². The summed E-state index contributed by atoms with van der Waals surface area (Å²) in [6.07, 6.45) is -7.24. The number of hydrogen-bond donors (Lipinski definition) is 1. The van der Waals surface area contributed by atoms with Gasteiger partial charge in [0.1, 0.15) is 5.75 Å². The van der Waals surface area contributed by atoms with Crippen molar-refractivity contribution in [2.45, 2.75) is 12.6 Å². The van der Waals surface area contributed by atoms with Crippen LogP contribution in [-0.2, 0) is 6.42 Å². The number of carboxylic acid groups (broad SMARTS) is 1. The van der Waals surface area contributed by atoms with E-state index >= 15 is 0 Å². The second kappa shape index (κ2) is 4.20. The number of alkyl halides is 3. The topological polar surface area (TPSA) is 46.5 Å². The number of hydrogen-bond acceptors (Lipinski definition) is 2. The summed E-state index contributed by atoms with van der Waals surface area (Å²) < 4.78 is 40.4. The fourth-order valence-electron chi connectivity index (χ4n) is 1.06. The first-order valence-corrected chi connectivity index (χ1v) is 3.94. The minimum absolute atomic E-state index is 0.201. The molecule has 0 spiro atoms. The average Bonchev–Trinajstić information content (AvgIpc) is 2.05. The molecule has 0 fully saturated rings. The summed E-state index contributed by atoms with van der Waals surface area (Å²) in [7, 11) is 0. The van der Waals surface area contributed by atoms with Crippen molar-refractivity contribution >= 4 is 6.16 Å². The van der Waals surface area contributed by atoms with E-state index in [0.717, 1.165) is 0 Å². The van der Waals surface area contributed by atoms with Crippen molar-refractivity contribution in [3.05, 3.63) is 29.8 Å². The normalized spacial score (nSPS) is 11.1. The minimum Gasteiger partial charge on any atom is -0.449 e. The van der Waals surface area contributed by atoms with Crippen LogP contribution in [0.15, 0.2) is 24.3 Å². The SMILES string of the molecule is O=C(O)Oc1ccccc1CC(F)(F)F. The van der Waals surface area contributed by atoms with Gasteiger partial charge >= 0.3 is 12.3 Å². The average molecular weight is 220 g/mol. The molecule has 1 rings (SSSR count). The highest BCUT2D eigenvalue weighted by Crippen LogP contribution is 2.27. The monoisotopic (exact) mass is 220 g/mol. The Morgan fingerprint density at radius 1 is 1.33 bits per heavy atom. The van der Waals surface area contributed by atoms with Crippen molar-refractivity contribution in [3.63, 3.8) is 0 Å². The van der Waals surface area contributed by atoms with Crippen LogP contribution in [0.25, 0.3) is 0 Å². The molecular formula is C9H7F3O3. The van der Waals surface area contributed by atoms with Crippen LogP contribution in [0.3, 0.4) is 0 Å². The van der Waals surface area contributed by atoms with Crippen molar-refractivity contribution < 1.29 is 27.8 Å². The molecule has 0 aliphatic rings. The maximum absolute atomic E-state index is 12.1. The number of carbonyl (C=O) groups is 1. The molecule has 0 amide bonds. The zero-order valence-corrected chi connectivity index (χ0v) is 7.41. The molecule has 0 aliphatic carbocycles. The summed E-state index contributed by atoms with van der Waals surface area (Å²) in [6, 6.07) is 5.13. The Morgan fingerprint density at radius 3 is 2.47 bits per heavy atom. The molecule has 0 aliphatic heterocycles. The van der Waals surface area contributed by atoms with Gasteiger partial charge in [-0.2, -0.15) is 13.2 Å². The van der Waals surface area contributed by atoms with E-state index in [1.165, 1.54) is 24.3 Å². The van der Waals surface area contributed by atoms with Gasteiger partial charge < -0.3 is 9.84 Å². The standard InChI is InChI=1S/C9H7F3O3/c10-9(11,12)5-6-3-1-2-4-7(6)15-8(13)14/h1-4H,5H2,(H,13,14). The van der Waals surface area contributed by atoms with E-state index in [2.05, 4.69) is 4.74 Å². The third-order valence-corrected chi connectivity index (χ3v) is 1.56. The van der Waals surface area contributed by atoms with Crippen molar-refractivity contribution in [1.29, 1.82) is 0 Å². The van der Waals surface area contributed by atoms with Gasteiger partial charge in [-0.3, -0.25) is 0 Å². The van der Waals surface area contributed by atoms with Gasteiger partial charge in [0.15, 0.2) is 0 Å². The Balaban J connectivity index is 2.91. The van der Waals surface area contributed by atoms with Gasteiger partial charge in [-0.1, -0.05) is 18.2 Å². The molecule has 0 aromatic heterocycles.